The van der Waals surface area contributed by atoms with Crippen molar-refractivity contribution >= 4 is 11.7 Å². The number of carbonyl (C=O) groups is 1. The van der Waals surface area contributed by atoms with Gasteiger partial charge in [-0.2, -0.15) is 0 Å². The van der Waals surface area contributed by atoms with E-state index in [1.54, 1.807) is 30.3 Å². The second-order valence-electron chi connectivity index (χ2n) is 4.81. The van der Waals surface area contributed by atoms with Crippen LogP contribution in [0.15, 0.2) is 42.5 Å². The number of anilines is 1. The highest BCUT2D eigenvalue weighted by atomic mass is 16.4. The van der Waals surface area contributed by atoms with Crippen LogP contribution >= 0.6 is 0 Å². The molecule has 0 amide bonds. The molecule has 4 heteroatoms. The monoisotopic (exact) mass is 271 g/mol. The molecule has 0 bridgehead atoms. The third kappa shape index (κ3) is 3.09. The highest BCUT2D eigenvalue weighted by Gasteiger charge is 2.11. The lowest BCUT2D eigenvalue weighted by Gasteiger charge is -2.17. The molecule has 0 saturated heterocycles. The molecule has 20 heavy (non-hydrogen) atoms. The van der Waals surface area contributed by atoms with E-state index in [4.69, 9.17) is 5.11 Å². The van der Waals surface area contributed by atoms with Gasteiger partial charge >= 0.3 is 5.97 Å². The topological polar surface area (TPSA) is 69.6 Å². The van der Waals surface area contributed by atoms with Crippen LogP contribution in [0, 0.1) is 6.92 Å². The zero-order chi connectivity index (χ0) is 14.7. The summed E-state index contributed by atoms with van der Waals surface area (Å²) in [5.74, 6) is -0.723. The van der Waals surface area contributed by atoms with Crippen molar-refractivity contribution in [2.45, 2.75) is 19.9 Å². The normalized spacial score (nSPS) is 11.9. The maximum absolute atomic E-state index is 10.9. The highest BCUT2D eigenvalue weighted by molar-refractivity contribution is 5.88. The summed E-state index contributed by atoms with van der Waals surface area (Å²) in [6.07, 6.45) is 0. The zero-order valence-electron chi connectivity index (χ0n) is 11.4. The Bertz CT molecular complexity index is 637. The minimum atomic E-state index is -0.959. The van der Waals surface area contributed by atoms with Crippen molar-refractivity contribution < 1.29 is 15.0 Å². The van der Waals surface area contributed by atoms with E-state index in [9.17, 15) is 9.90 Å². The number of aromatic hydroxyl groups is 1. The predicted octanol–water partition coefficient (Wildman–Crippen LogP) is 3.57. The number of carboxylic acid groups (broad SMARTS) is 1. The van der Waals surface area contributed by atoms with Crippen LogP contribution in [0.4, 0.5) is 5.69 Å². The van der Waals surface area contributed by atoms with Crippen LogP contribution < -0.4 is 5.32 Å². The van der Waals surface area contributed by atoms with Crippen molar-refractivity contribution in [1.29, 1.82) is 0 Å². The van der Waals surface area contributed by atoms with Crippen molar-refractivity contribution in [3.8, 4) is 5.75 Å². The molecule has 1 atom stereocenters. The van der Waals surface area contributed by atoms with Crippen LogP contribution in [-0.2, 0) is 0 Å². The molecule has 104 valence electrons. The molecule has 0 heterocycles. The summed E-state index contributed by atoms with van der Waals surface area (Å²) in [4.78, 5) is 10.9. The van der Waals surface area contributed by atoms with E-state index in [1.807, 2.05) is 26.0 Å². The van der Waals surface area contributed by atoms with Crippen LogP contribution in [0.1, 0.15) is 34.5 Å². The molecular formula is C16H17NO3. The van der Waals surface area contributed by atoms with Crippen molar-refractivity contribution in [1.82, 2.24) is 0 Å². The fourth-order valence-electron chi connectivity index (χ4n) is 2.09. The lowest BCUT2D eigenvalue weighted by molar-refractivity contribution is 0.0697. The van der Waals surface area contributed by atoms with Gasteiger partial charge in [-0.15, -0.1) is 0 Å². The third-order valence-electron chi connectivity index (χ3n) is 3.15. The Morgan fingerprint density at radius 2 is 1.95 bits per heavy atom. The molecule has 0 fully saturated rings. The lowest BCUT2D eigenvalue weighted by Crippen LogP contribution is -2.08. The number of phenolic OH excluding ortho intramolecular Hbond substituents is 1. The minimum Gasteiger partial charge on any atom is -0.508 e. The quantitative estimate of drug-likeness (QED) is 0.795. The number of nitrogens with one attached hydrogen (secondary N) is 1. The predicted molar refractivity (Wildman–Crippen MR) is 78.3 cm³/mol. The molecule has 0 aliphatic heterocycles. The Morgan fingerprint density at radius 3 is 2.60 bits per heavy atom. The van der Waals surface area contributed by atoms with Gasteiger partial charge in [0.05, 0.1) is 11.6 Å². The molecule has 3 N–H and O–H groups in total. The van der Waals surface area contributed by atoms with Gasteiger partial charge in [-0.1, -0.05) is 18.2 Å². The van der Waals surface area contributed by atoms with Gasteiger partial charge < -0.3 is 15.5 Å². The van der Waals surface area contributed by atoms with Crippen molar-refractivity contribution in [3.05, 3.63) is 59.2 Å². The lowest BCUT2D eigenvalue weighted by atomic mass is 10.0. The molecule has 0 radical (unpaired) electrons. The maximum Gasteiger partial charge on any atom is 0.335 e. The molecule has 4 nitrogen and oxygen atoms in total. The van der Waals surface area contributed by atoms with Gasteiger partial charge in [-0.3, -0.25) is 0 Å². The average molecular weight is 271 g/mol. The van der Waals surface area contributed by atoms with Crippen LogP contribution in [0.5, 0.6) is 5.75 Å². The fourth-order valence-corrected chi connectivity index (χ4v) is 2.09. The molecule has 1 unspecified atom stereocenters. The summed E-state index contributed by atoms with van der Waals surface area (Å²) in [6, 6.07) is 12.0. The summed E-state index contributed by atoms with van der Waals surface area (Å²) < 4.78 is 0. The molecule has 0 aromatic heterocycles. The number of aryl methyl sites for hydroxylation is 1. The van der Waals surface area contributed by atoms with Crippen LogP contribution in [0.2, 0.25) is 0 Å². The summed E-state index contributed by atoms with van der Waals surface area (Å²) in [5, 5.41) is 22.1. The standard InChI is InChI=1S/C16H17NO3/c1-10-6-7-14(15(18)8-10)11(2)17-13-5-3-4-12(9-13)16(19)20/h3-9,11,17-18H,1-2H3,(H,19,20). The Kier molecular flexibility index (Phi) is 3.94. The molecule has 2 rings (SSSR count). The van der Waals surface area contributed by atoms with E-state index in [0.29, 0.717) is 5.69 Å². The Morgan fingerprint density at radius 1 is 1.20 bits per heavy atom. The Hall–Kier alpha value is -2.49. The largest absolute Gasteiger partial charge is 0.508 e. The maximum atomic E-state index is 10.9. The summed E-state index contributed by atoms with van der Waals surface area (Å²) in [7, 11) is 0. The molecule has 2 aromatic carbocycles. The van der Waals surface area contributed by atoms with Gasteiger partial charge in [-0.05, 0) is 43.7 Å². The van der Waals surface area contributed by atoms with Gasteiger partial charge in [0.25, 0.3) is 0 Å². The average Bonchev–Trinajstić information content (AvgIpc) is 2.38. The van der Waals surface area contributed by atoms with E-state index < -0.39 is 5.97 Å². The SMILES string of the molecule is Cc1ccc(C(C)Nc2cccc(C(=O)O)c2)c(O)c1. The number of hydrogen-bond donors (Lipinski definition) is 3. The minimum absolute atomic E-state index is 0.125. The molecular weight excluding hydrogens is 254 g/mol. The van der Waals surface area contributed by atoms with E-state index in [-0.39, 0.29) is 17.4 Å². The zero-order valence-corrected chi connectivity index (χ0v) is 11.4. The second-order valence-corrected chi connectivity index (χ2v) is 4.81. The first kappa shape index (κ1) is 13.9. The second kappa shape index (κ2) is 5.65. The van der Waals surface area contributed by atoms with Crippen molar-refractivity contribution in [2.24, 2.45) is 0 Å². The fraction of sp³-hybridized carbons (Fsp3) is 0.188. The summed E-state index contributed by atoms with van der Waals surface area (Å²) in [5.41, 5.74) is 2.70. The van der Waals surface area contributed by atoms with E-state index in [2.05, 4.69) is 5.32 Å². The van der Waals surface area contributed by atoms with Gasteiger partial charge in [0.15, 0.2) is 0 Å². The van der Waals surface area contributed by atoms with Crippen LogP contribution in [0.3, 0.4) is 0 Å². The molecule has 0 spiro atoms. The molecule has 0 aliphatic carbocycles. The number of benzene rings is 2. The first-order valence-corrected chi connectivity index (χ1v) is 6.37. The molecule has 0 saturated carbocycles. The number of phenols is 1. The van der Waals surface area contributed by atoms with E-state index >= 15 is 0 Å². The molecule has 0 aliphatic rings. The highest BCUT2D eigenvalue weighted by Crippen LogP contribution is 2.28. The van der Waals surface area contributed by atoms with E-state index in [0.717, 1.165) is 11.1 Å². The van der Waals surface area contributed by atoms with Gasteiger partial charge in [0, 0.05) is 11.3 Å². The Labute approximate surface area is 117 Å². The third-order valence-corrected chi connectivity index (χ3v) is 3.15. The number of aromatic carboxylic acids is 1. The van der Waals surface area contributed by atoms with Crippen LogP contribution in [0.25, 0.3) is 0 Å². The first-order chi connectivity index (χ1) is 9.47. The summed E-state index contributed by atoms with van der Waals surface area (Å²) in [6.45, 7) is 3.83. The van der Waals surface area contributed by atoms with Gasteiger partial charge in [0.2, 0.25) is 0 Å². The number of rotatable bonds is 4. The van der Waals surface area contributed by atoms with E-state index in [1.165, 1.54) is 0 Å². The number of hydrogen-bond acceptors (Lipinski definition) is 3. The van der Waals surface area contributed by atoms with Crippen molar-refractivity contribution in [2.75, 3.05) is 5.32 Å². The van der Waals surface area contributed by atoms with Crippen molar-refractivity contribution in [3.63, 3.8) is 0 Å². The molecule has 2 aromatic rings. The Balaban J connectivity index is 2.21. The smallest absolute Gasteiger partial charge is 0.335 e. The van der Waals surface area contributed by atoms with Gasteiger partial charge in [-0.25, -0.2) is 4.79 Å². The first-order valence-electron chi connectivity index (χ1n) is 6.37. The number of carboxylic acids is 1. The van der Waals surface area contributed by atoms with Gasteiger partial charge in [0.1, 0.15) is 5.75 Å². The summed E-state index contributed by atoms with van der Waals surface area (Å²) >= 11 is 0. The van der Waals surface area contributed by atoms with Crippen LogP contribution in [-0.4, -0.2) is 16.2 Å².